The van der Waals surface area contributed by atoms with Crippen molar-refractivity contribution in [2.75, 3.05) is 12.8 Å². The Bertz CT molecular complexity index is 1720. The van der Waals surface area contributed by atoms with Crippen LogP contribution in [0.4, 0.5) is 5.69 Å². The van der Waals surface area contributed by atoms with Gasteiger partial charge in [-0.25, -0.2) is 9.97 Å². The van der Waals surface area contributed by atoms with Crippen LogP contribution in [0.5, 0.6) is 5.88 Å². The van der Waals surface area contributed by atoms with E-state index < -0.39 is 0 Å². The summed E-state index contributed by atoms with van der Waals surface area (Å²) >= 11 is 0. The van der Waals surface area contributed by atoms with Crippen LogP contribution >= 0.6 is 0 Å². The number of hydrogen-bond acceptors (Lipinski definition) is 7. The van der Waals surface area contributed by atoms with Crippen LogP contribution in [0.1, 0.15) is 22.9 Å². The Morgan fingerprint density at radius 3 is 2.58 bits per heavy atom. The van der Waals surface area contributed by atoms with Crippen molar-refractivity contribution in [1.82, 2.24) is 34.5 Å². The lowest BCUT2D eigenvalue weighted by atomic mass is 9.93. The smallest absolute Gasteiger partial charge is 0.212 e. The van der Waals surface area contributed by atoms with Gasteiger partial charge in [0.25, 0.3) is 0 Å². The molecule has 0 aliphatic carbocycles. The molecule has 0 spiro atoms. The van der Waals surface area contributed by atoms with Gasteiger partial charge < -0.3 is 15.0 Å². The first-order valence-electron chi connectivity index (χ1n) is 11.5. The first-order chi connectivity index (χ1) is 17.5. The number of pyridine rings is 1. The minimum Gasteiger partial charge on any atom is -0.481 e. The molecule has 0 unspecified atom stereocenters. The summed E-state index contributed by atoms with van der Waals surface area (Å²) in [5.74, 6) is 0.264. The molecule has 9 heteroatoms. The Morgan fingerprint density at radius 1 is 0.944 bits per heavy atom. The summed E-state index contributed by atoms with van der Waals surface area (Å²) in [5.41, 5.74) is 14.1. The van der Waals surface area contributed by atoms with E-state index in [9.17, 15) is 0 Å². The Kier molecular flexibility index (Phi) is 5.10. The predicted octanol–water partition coefficient (Wildman–Crippen LogP) is 4.08. The van der Waals surface area contributed by atoms with Gasteiger partial charge in [-0.3, -0.25) is 9.67 Å². The van der Waals surface area contributed by atoms with Crippen LogP contribution in [0.15, 0.2) is 73.3 Å². The normalized spacial score (nSPS) is 12.3. The number of nitrogens with zero attached hydrogens (tertiary/aromatic N) is 7. The van der Waals surface area contributed by atoms with Gasteiger partial charge in [0, 0.05) is 49.3 Å². The Morgan fingerprint density at radius 2 is 1.83 bits per heavy atom. The third-order valence-electron chi connectivity index (χ3n) is 6.53. The number of nitrogens with two attached hydrogens (primary N) is 1. The van der Waals surface area contributed by atoms with Gasteiger partial charge >= 0.3 is 0 Å². The number of anilines is 1. The van der Waals surface area contributed by atoms with E-state index in [1.54, 1.807) is 30.4 Å². The molecule has 0 amide bonds. The minimum atomic E-state index is -0.277. The molecule has 9 nitrogen and oxygen atoms in total. The molecular weight excluding hydrogens is 452 g/mol. The fourth-order valence-electron chi connectivity index (χ4n) is 4.67. The monoisotopic (exact) mass is 476 g/mol. The molecule has 0 radical (unpaired) electrons. The van der Waals surface area contributed by atoms with Crippen LogP contribution in [0.2, 0.25) is 0 Å². The van der Waals surface area contributed by atoms with Crippen molar-refractivity contribution >= 4 is 27.6 Å². The summed E-state index contributed by atoms with van der Waals surface area (Å²) in [6, 6.07) is 16.1. The summed E-state index contributed by atoms with van der Waals surface area (Å²) in [6.07, 6.45) is 7.37. The van der Waals surface area contributed by atoms with E-state index >= 15 is 0 Å². The van der Waals surface area contributed by atoms with E-state index in [0.717, 1.165) is 44.6 Å². The zero-order valence-electron chi connectivity index (χ0n) is 20.1. The van der Waals surface area contributed by atoms with Crippen LogP contribution in [0.25, 0.3) is 33.1 Å². The molecule has 6 aromatic rings. The lowest BCUT2D eigenvalue weighted by Crippen LogP contribution is -2.12. The van der Waals surface area contributed by atoms with E-state index in [0.29, 0.717) is 11.6 Å². The van der Waals surface area contributed by atoms with E-state index in [1.165, 1.54) is 5.39 Å². The van der Waals surface area contributed by atoms with E-state index in [4.69, 9.17) is 20.4 Å². The van der Waals surface area contributed by atoms with Crippen molar-refractivity contribution in [2.24, 2.45) is 14.1 Å². The van der Waals surface area contributed by atoms with E-state index in [1.807, 2.05) is 38.4 Å². The third kappa shape index (κ3) is 3.61. The molecule has 0 saturated carbocycles. The van der Waals surface area contributed by atoms with Crippen LogP contribution in [0.3, 0.4) is 0 Å². The molecule has 2 N–H and O–H groups in total. The highest BCUT2D eigenvalue weighted by Gasteiger charge is 2.24. The maximum Gasteiger partial charge on any atom is 0.212 e. The highest BCUT2D eigenvalue weighted by atomic mass is 16.5. The molecular formula is C27H24N8O. The quantitative estimate of drug-likeness (QED) is 0.373. The number of ether oxygens (including phenoxy) is 1. The van der Waals surface area contributed by atoms with Gasteiger partial charge in [0.1, 0.15) is 0 Å². The molecule has 36 heavy (non-hydrogen) atoms. The molecule has 1 atom stereocenters. The van der Waals surface area contributed by atoms with Gasteiger partial charge in [-0.1, -0.05) is 23.4 Å². The summed E-state index contributed by atoms with van der Waals surface area (Å²) in [4.78, 5) is 14.3. The molecule has 0 aliphatic rings. The van der Waals surface area contributed by atoms with E-state index in [-0.39, 0.29) is 5.92 Å². The molecule has 0 bridgehead atoms. The summed E-state index contributed by atoms with van der Waals surface area (Å²) in [5, 5.41) is 9.43. The number of fused-ring (bicyclic) bond motifs is 2. The second kappa shape index (κ2) is 8.46. The third-order valence-corrected chi connectivity index (χ3v) is 6.53. The first-order valence-corrected chi connectivity index (χ1v) is 11.5. The van der Waals surface area contributed by atoms with Gasteiger partial charge in [-0.2, -0.15) is 0 Å². The van der Waals surface area contributed by atoms with Crippen molar-refractivity contribution in [1.29, 1.82) is 0 Å². The molecule has 6 rings (SSSR count). The fraction of sp³-hybridized carbons (Fsp3) is 0.148. The zero-order valence-corrected chi connectivity index (χ0v) is 20.1. The average molecular weight is 477 g/mol. The number of nitrogen functional groups attached to an aromatic ring is 1. The Labute approximate surface area is 207 Å². The number of hydrogen-bond donors (Lipinski definition) is 1. The highest BCUT2D eigenvalue weighted by molar-refractivity contribution is 5.97. The molecule has 0 aliphatic heterocycles. The SMILES string of the molecule is COc1ccc([C@H](c2cnc3cc(N)cc(-c4ccc5ccn(C)c5c4)c3n2)c2cnnn2C)cn1. The van der Waals surface area contributed by atoms with Crippen molar-refractivity contribution < 1.29 is 4.74 Å². The van der Waals surface area contributed by atoms with Gasteiger partial charge in [0.15, 0.2) is 0 Å². The van der Waals surface area contributed by atoms with Crippen LogP contribution in [-0.2, 0) is 14.1 Å². The highest BCUT2D eigenvalue weighted by Crippen LogP contribution is 2.35. The maximum atomic E-state index is 6.28. The van der Waals surface area contributed by atoms with E-state index in [2.05, 4.69) is 50.3 Å². The predicted molar refractivity (Wildman–Crippen MR) is 139 cm³/mol. The van der Waals surface area contributed by atoms with Gasteiger partial charge in [0.05, 0.1) is 47.8 Å². The molecule has 0 saturated heterocycles. The Balaban J connectivity index is 1.57. The van der Waals surface area contributed by atoms with Crippen molar-refractivity contribution in [3.05, 3.63) is 90.3 Å². The topological polar surface area (TPSA) is 110 Å². The number of aromatic nitrogens is 7. The number of methoxy groups -OCH3 is 1. The largest absolute Gasteiger partial charge is 0.481 e. The molecule has 4 heterocycles. The summed E-state index contributed by atoms with van der Waals surface area (Å²) in [7, 11) is 5.50. The minimum absolute atomic E-state index is 0.277. The van der Waals surface area contributed by atoms with Crippen LogP contribution in [0, 0.1) is 0 Å². The fourth-order valence-corrected chi connectivity index (χ4v) is 4.67. The van der Waals surface area contributed by atoms with Gasteiger partial charge in [-0.05, 0) is 40.8 Å². The second-order valence-electron chi connectivity index (χ2n) is 8.78. The maximum absolute atomic E-state index is 6.28. The lowest BCUT2D eigenvalue weighted by Gasteiger charge is -2.18. The zero-order chi connectivity index (χ0) is 24.8. The molecule has 0 fully saturated rings. The summed E-state index contributed by atoms with van der Waals surface area (Å²) in [6.45, 7) is 0. The van der Waals surface area contributed by atoms with Gasteiger partial charge in [-0.15, -0.1) is 5.10 Å². The Hall–Kier alpha value is -4.79. The number of rotatable bonds is 5. The second-order valence-corrected chi connectivity index (χ2v) is 8.78. The summed E-state index contributed by atoms with van der Waals surface area (Å²) < 4.78 is 9.10. The molecule has 4 aromatic heterocycles. The standard InChI is InChI=1S/C27H24N8O/c1-34-9-8-16-4-5-17(10-23(16)34)20-11-19(28)12-21-27(20)32-22(14-29-21)26(24-15-31-33-35(24)2)18-6-7-25(36-3)30-13-18/h4-15,26H,28H2,1-3H3/t26-/m1/s1. The van der Waals surface area contributed by atoms with Gasteiger partial charge in [0.2, 0.25) is 5.88 Å². The van der Waals surface area contributed by atoms with Crippen molar-refractivity contribution in [3.63, 3.8) is 0 Å². The van der Waals surface area contributed by atoms with Crippen LogP contribution in [-0.4, -0.2) is 41.6 Å². The van der Waals surface area contributed by atoms with Crippen molar-refractivity contribution in [3.8, 4) is 17.0 Å². The average Bonchev–Trinajstić information content (AvgIpc) is 3.49. The number of aryl methyl sites for hydroxylation is 2. The molecule has 178 valence electrons. The number of benzene rings is 2. The lowest BCUT2D eigenvalue weighted by molar-refractivity contribution is 0.397. The molecule has 2 aromatic carbocycles. The van der Waals surface area contributed by atoms with Crippen LogP contribution < -0.4 is 10.5 Å². The first kappa shape index (κ1) is 21.7. The van der Waals surface area contributed by atoms with Crippen molar-refractivity contribution in [2.45, 2.75) is 5.92 Å².